The Morgan fingerprint density at radius 3 is 2.19 bits per heavy atom. The van der Waals surface area contributed by atoms with E-state index < -0.39 is 46.8 Å². The molecular formula is C41H34Cl2IN3O6. The maximum Gasteiger partial charge on any atom is 0.260 e. The minimum absolute atomic E-state index is 0.132. The number of carbonyl (C=O) groups excluding carboxylic acids is 4. The van der Waals surface area contributed by atoms with Gasteiger partial charge in [0.25, 0.3) is 11.8 Å². The van der Waals surface area contributed by atoms with Crippen molar-refractivity contribution in [1.82, 2.24) is 5.01 Å². The third-order valence-electron chi connectivity index (χ3n) is 11.5. The van der Waals surface area contributed by atoms with Gasteiger partial charge in [-0.05, 0) is 132 Å². The van der Waals surface area contributed by atoms with Crippen molar-refractivity contribution in [2.24, 2.45) is 23.7 Å². The largest absolute Gasteiger partial charge is 0.507 e. The van der Waals surface area contributed by atoms with Crippen molar-refractivity contribution in [2.45, 2.75) is 38.0 Å². The summed E-state index contributed by atoms with van der Waals surface area (Å²) in [5.74, 6) is -4.47. The summed E-state index contributed by atoms with van der Waals surface area (Å²) >= 11 is 14.9. The Labute approximate surface area is 330 Å². The van der Waals surface area contributed by atoms with Gasteiger partial charge in [-0.2, -0.15) is 5.01 Å². The maximum absolute atomic E-state index is 15.4. The summed E-state index contributed by atoms with van der Waals surface area (Å²) in [5, 5.41) is 12.6. The van der Waals surface area contributed by atoms with Crippen molar-refractivity contribution >= 4 is 80.8 Å². The summed E-state index contributed by atoms with van der Waals surface area (Å²) in [6.45, 7) is 3.59. The van der Waals surface area contributed by atoms with Crippen LogP contribution in [0.15, 0.2) is 90.5 Å². The first-order valence-electron chi connectivity index (χ1n) is 17.2. The Morgan fingerprint density at radius 1 is 0.868 bits per heavy atom. The Hall–Kier alpha value is -4.39. The number of halogens is 3. The van der Waals surface area contributed by atoms with Crippen LogP contribution in [0.1, 0.15) is 41.0 Å². The van der Waals surface area contributed by atoms with Gasteiger partial charge in [-0.15, -0.1) is 0 Å². The summed E-state index contributed by atoms with van der Waals surface area (Å²) in [6.07, 6.45) is 2.45. The van der Waals surface area contributed by atoms with Gasteiger partial charge in [0.05, 0.1) is 46.7 Å². The van der Waals surface area contributed by atoms with Gasteiger partial charge < -0.3 is 9.84 Å². The molecule has 2 heterocycles. The quantitative estimate of drug-likeness (QED) is 0.114. The molecule has 53 heavy (non-hydrogen) atoms. The summed E-state index contributed by atoms with van der Waals surface area (Å²) in [5.41, 5.74) is 5.68. The summed E-state index contributed by atoms with van der Waals surface area (Å²) in [6, 6.07) is 22.9. The molecule has 4 amide bonds. The molecule has 4 aliphatic rings. The lowest BCUT2D eigenvalue weighted by Gasteiger charge is -2.50. The van der Waals surface area contributed by atoms with E-state index in [0.717, 1.165) is 14.2 Å². The number of amides is 4. The topological polar surface area (TPSA) is 116 Å². The van der Waals surface area contributed by atoms with E-state index in [1.807, 2.05) is 42.5 Å². The first-order valence-corrected chi connectivity index (χ1v) is 19.1. The highest BCUT2D eigenvalue weighted by molar-refractivity contribution is 14.1. The average molecular weight is 863 g/mol. The highest BCUT2D eigenvalue weighted by Crippen LogP contribution is 2.64. The zero-order chi connectivity index (χ0) is 37.5. The van der Waals surface area contributed by atoms with Gasteiger partial charge in [-0.3, -0.25) is 29.5 Å². The lowest BCUT2D eigenvalue weighted by atomic mass is 9.49. The predicted octanol–water partition coefficient (Wildman–Crippen LogP) is 8.12. The number of anilines is 2. The van der Waals surface area contributed by atoms with Crippen molar-refractivity contribution in [3.8, 4) is 11.5 Å². The van der Waals surface area contributed by atoms with Gasteiger partial charge in [-0.1, -0.05) is 59.1 Å². The molecule has 6 unspecified atom stereocenters. The van der Waals surface area contributed by atoms with Crippen LogP contribution in [-0.2, 0) is 24.6 Å². The number of carbonyl (C=O) groups is 4. The number of allylic oxidation sites excluding steroid dienone is 2. The van der Waals surface area contributed by atoms with Crippen molar-refractivity contribution in [2.75, 3.05) is 17.4 Å². The molecule has 3 fully saturated rings. The fourth-order valence-corrected chi connectivity index (χ4v) is 10.0. The highest BCUT2D eigenvalue weighted by atomic mass is 127. The van der Waals surface area contributed by atoms with Crippen LogP contribution in [-0.4, -0.2) is 40.9 Å². The van der Waals surface area contributed by atoms with Gasteiger partial charge in [0.2, 0.25) is 11.8 Å². The molecule has 0 bridgehead atoms. The van der Waals surface area contributed by atoms with E-state index in [9.17, 15) is 19.5 Å². The van der Waals surface area contributed by atoms with Crippen molar-refractivity contribution in [3.63, 3.8) is 0 Å². The number of imide groups is 2. The second-order valence-electron chi connectivity index (χ2n) is 14.2. The molecule has 4 aromatic rings. The second kappa shape index (κ2) is 13.2. The number of rotatable bonds is 6. The van der Waals surface area contributed by atoms with E-state index >= 15 is 4.79 Å². The highest BCUT2D eigenvalue weighted by Gasteiger charge is 2.70. The Kier molecular flexibility index (Phi) is 8.86. The number of fused-ring (bicyclic) bond motifs is 4. The van der Waals surface area contributed by atoms with Gasteiger partial charge in [0.1, 0.15) is 11.5 Å². The molecule has 12 heteroatoms. The van der Waals surface area contributed by atoms with Gasteiger partial charge in [0.15, 0.2) is 0 Å². The molecule has 0 spiro atoms. The predicted molar refractivity (Wildman–Crippen MR) is 210 cm³/mol. The monoisotopic (exact) mass is 861 g/mol. The SMILES string of the molecule is COc1ccc(C23C(=O)N(Nc4ccc(Cl)cc4Cl)C(=O)C2CC2C(=CCC4C(=O)N(c5ccc(I)cc5)C(=O)C42)C3c2cc(C)c(O)c(C)c2)cc1. The lowest BCUT2D eigenvalue weighted by Crippen LogP contribution is -2.53. The maximum atomic E-state index is 15.4. The van der Waals surface area contributed by atoms with Crippen LogP contribution >= 0.6 is 45.8 Å². The summed E-state index contributed by atoms with van der Waals surface area (Å²) in [4.78, 5) is 60.3. The number of nitrogens with one attached hydrogen (secondary N) is 1. The van der Waals surface area contributed by atoms with Crippen molar-refractivity contribution in [1.29, 1.82) is 0 Å². The number of aromatic hydroxyl groups is 1. The minimum Gasteiger partial charge on any atom is -0.507 e. The van der Waals surface area contributed by atoms with Crippen LogP contribution in [0.4, 0.5) is 11.4 Å². The number of phenolic OH excluding ortho intramolecular Hbond substituents is 1. The van der Waals surface area contributed by atoms with E-state index in [-0.39, 0.29) is 29.0 Å². The number of hydrogen-bond donors (Lipinski definition) is 2. The van der Waals surface area contributed by atoms with Crippen LogP contribution < -0.4 is 15.1 Å². The second-order valence-corrected chi connectivity index (χ2v) is 16.3. The molecule has 2 saturated heterocycles. The van der Waals surface area contributed by atoms with Crippen LogP contribution in [0.25, 0.3) is 0 Å². The van der Waals surface area contributed by atoms with Crippen molar-refractivity contribution < 1.29 is 29.0 Å². The van der Waals surface area contributed by atoms with Crippen LogP contribution in [0.5, 0.6) is 11.5 Å². The zero-order valence-electron chi connectivity index (χ0n) is 28.9. The summed E-state index contributed by atoms with van der Waals surface area (Å²) in [7, 11) is 1.56. The molecule has 0 aromatic heterocycles. The van der Waals surface area contributed by atoms with E-state index in [1.54, 1.807) is 57.4 Å². The summed E-state index contributed by atoms with van der Waals surface area (Å²) < 4.78 is 6.46. The average Bonchev–Trinajstić information content (AvgIpc) is 3.52. The Bertz CT molecular complexity index is 2240. The van der Waals surface area contributed by atoms with Gasteiger partial charge in [0, 0.05) is 14.5 Å². The number of methoxy groups -OCH3 is 1. The third kappa shape index (κ3) is 5.39. The molecule has 8 rings (SSSR count). The van der Waals surface area contributed by atoms with E-state index in [1.165, 1.54) is 11.0 Å². The van der Waals surface area contributed by atoms with Crippen LogP contribution in [0.2, 0.25) is 10.0 Å². The molecule has 0 radical (unpaired) electrons. The normalized spacial score (nSPS) is 26.3. The molecule has 4 aromatic carbocycles. The zero-order valence-corrected chi connectivity index (χ0v) is 32.6. The molecule has 2 aliphatic carbocycles. The number of benzene rings is 4. The third-order valence-corrected chi connectivity index (χ3v) is 12.8. The van der Waals surface area contributed by atoms with Gasteiger partial charge in [-0.25, -0.2) is 0 Å². The van der Waals surface area contributed by atoms with Crippen LogP contribution in [0.3, 0.4) is 0 Å². The standard InChI is InChI=1S/C41H34Cl2IN3O6/c1-20-16-22(17-21(2)36(20)48)35-28-13-14-29-34(39(51)46(37(29)49)26-9-7-25(44)8-10-26)30(28)19-31-38(50)47(45-33-15-6-24(42)18-32(33)43)40(52)41(31,35)23-4-11-27(53-3)12-5-23/h4-13,15-18,29-31,34-35,45,48H,14,19H2,1-3H3. The van der Waals surface area contributed by atoms with Crippen LogP contribution in [0, 0.1) is 41.1 Å². The Morgan fingerprint density at radius 2 is 1.55 bits per heavy atom. The van der Waals surface area contributed by atoms with Gasteiger partial charge >= 0.3 is 0 Å². The number of hydrogen-bond acceptors (Lipinski definition) is 7. The molecule has 9 nitrogen and oxygen atoms in total. The molecular weight excluding hydrogens is 828 g/mol. The first kappa shape index (κ1) is 35.6. The smallest absolute Gasteiger partial charge is 0.260 e. The first-order chi connectivity index (χ1) is 25.4. The number of hydrazine groups is 1. The molecule has 1 saturated carbocycles. The number of aryl methyl sites for hydroxylation is 2. The number of nitrogens with zero attached hydrogens (tertiary/aromatic N) is 2. The fourth-order valence-electron chi connectivity index (χ4n) is 9.22. The number of ether oxygens (including phenoxy) is 1. The molecule has 2 N–H and O–H groups in total. The van der Waals surface area contributed by atoms with Crippen molar-refractivity contribution in [3.05, 3.63) is 126 Å². The molecule has 6 atom stereocenters. The lowest BCUT2D eigenvalue weighted by molar-refractivity contribution is -0.138. The van der Waals surface area contributed by atoms with E-state index in [4.69, 9.17) is 27.9 Å². The molecule has 2 aliphatic heterocycles. The number of phenols is 1. The molecule has 270 valence electrons. The Balaban J connectivity index is 1.34. The van der Waals surface area contributed by atoms with E-state index in [0.29, 0.717) is 50.8 Å². The minimum atomic E-state index is -1.50. The fraction of sp³-hybridized carbons (Fsp3) is 0.268. The van der Waals surface area contributed by atoms with E-state index in [2.05, 4.69) is 28.0 Å².